The first-order valence-electron chi connectivity index (χ1n) is 11.1. The Morgan fingerprint density at radius 2 is 2.11 bits per heavy atom. The fraction of sp³-hybridized carbons (Fsp3) is 0.304. The first kappa shape index (κ1) is 23.6. The summed E-state index contributed by atoms with van der Waals surface area (Å²) in [5.74, 6) is 0.718. The maximum atomic E-state index is 12.8. The van der Waals surface area contributed by atoms with Crippen molar-refractivity contribution in [1.29, 1.82) is 0 Å². The minimum Gasteiger partial charge on any atom is -0.506 e. The summed E-state index contributed by atoms with van der Waals surface area (Å²) in [6, 6.07) is 4.74. The number of imidazole rings is 1. The molecule has 0 saturated heterocycles. The van der Waals surface area contributed by atoms with Crippen LogP contribution < -0.4 is 9.46 Å². The molecule has 2 N–H and O–H groups in total. The van der Waals surface area contributed by atoms with Crippen molar-refractivity contribution < 1.29 is 23.0 Å². The summed E-state index contributed by atoms with van der Waals surface area (Å²) < 4.78 is 41.8. The molecule has 2 aliphatic rings. The number of hydrogen-bond donors (Lipinski definition) is 2. The predicted octanol–water partition coefficient (Wildman–Crippen LogP) is 2.38. The standard InChI is InChI=1S/C23H23N7O5S/c1-4-35-19-10-5-7-15(25-19)22-27-21-23(30(22)20-16(31)8-6-9-17(20)34-3)26-18(13-24-21)28-36(32,33)29(2)14-11-12-14/h6,8-10,13-14,31H,4,11-12H2,1-3H3,(H,26,28). The number of rotatable bonds is 8. The van der Waals surface area contributed by atoms with E-state index in [4.69, 9.17) is 9.47 Å². The molecule has 36 heavy (non-hydrogen) atoms. The summed E-state index contributed by atoms with van der Waals surface area (Å²) in [6.45, 7) is 2.23. The van der Waals surface area contributed by atoms with Crippen LogP contribution in [-0.4, -0.2) is 70.1 Å². The number of fused-ring (bicyclic) bond motifs is 1. The van der Waals surface area contributed by atoms with Crippen LogP contribution in [0.4, 0.5) is 5.82 Å². The molecule has 0 amide bonds. The number of hydrogen-bond acceptors (Lipinski definition) is 9. The van der Waals surface area contributed by atoms with Crippen LogP contribution in [0, 0.1) is 0 Å². The maximum absolute atomic E-state index is 12.8. The van der Waals surface area contributed by atoms with E-state index in [1.54, 1.807) is 18.2 Å². The molecule has 1 saturated carbocycles. The molecule has 0 radical (unpaired) electrons. The van der Waals surface area contributed by atoms with Crippen LogP contribution in [0.1, 0.15) is 25.6 Å². The molecule has 0 spiro atoms. The van der Waals surface area contributed by atoms with E-state index in [2.05, 4.69) is 36.1 Å². The Labute approximate surface area is 207 Å². The molecule has 2 aromatic heterocycles. The van der Waals surface area contributed by atoms with Gasteiger partial charge in [-0.3, -0.25) is 9.29 Å². The number of phenolic OH excluding ortho intramolecular Hbond substituents is 1. The van der Waals surface area contributed by atoms with E-state index in [1.165, 1.54) is 35.3 Å². The third kappa shape index (κ3) is 4.32. The first-order valence-corrected chi connectivity index (χ1v) is 12.6. The minimum absolute atomic E-state index is 0.0105. The van der Waals surface area contributed by atoms with Gasteiger partial charge in [-0.1, -0.05) is 11.8 Å². The van der Waals surface area contributed by atoms with Crippen molar-refractivity contribution in [3.63, 3.8) is 0 Å². The second-order valence-corrected chi connectivity index (χ2v) is 9.73. The topological polar surface area (TPSA) is 144 Å². The summed E-state index contributed by atoms with van der Waals surface area (Å²) in [4.78, 5) is 17.8. The van der Waals surface area contributed by atoms with Crippen molar-refractivity contribution in [3.8, 4) is 17.2 Å². The van der Waals surface area contributed by atoms with Gasteiger partial charge in [-0.15, -0.1) is 0 Å². The lowest BCUT2D eigenvalue weighted by Gasteiger charge is -2.17. The lowest BCUT2D eigenvalue weighted by Crippen LogP contribution is -2.34. The molecule has 0 unspecified atom stereocenters. The molecule has 5 rings (SSSR count). The molecule has 1 aliphatic carbocycles. The number of nitrogens with zero attached hydrogens (tertiary/aromatic N) is 6. The number of aromatic nitrogens is 4. The monoisotopic (exact) mass is 509 g/mol. The van der Waals surface area contributed by atoms with Crippen LogP contribution >= 0.6 is 0 Å². The number of nitrogens with one attached hydrogen (secondary N) is 1. The number of aromatic hydroxyl groups is 1. The molecule has 1 fully saturated rings. The molecule has 3 heterocycles. The zero-order valence-corrected chi connectivity index (χ0v) is 20.6. The number of benzene rings is 1. The lowest BCUT2D eigenvalue weighted by molar-refractivity contribution is 0.330. The largest absolute Gasteiger partial charge is 0.506 e. The number of ether oxygens (including phenoxy) is 2. The Morgan fingerprint density at radius 1 is 1.31 bits per heavy atom. The van der Waals surface area contributed by atoms with Crippen molar-refractivity contribution in [1.82, 2.24) is 23.8 Å². The van der Waals surface area contributed by atoms with E-state index in [9.17, 15) is 13.5 Å². The third-order valence-corrected chi connectivity index (χ3v) is 7.10. The Bertz CT molecular complexity index is 1590. The third-order valence-electron chi connectivity index (χ3n) is 5.58. The molecule has 13 heteroatoms. The smallest absolute Gasteiger partial charge is 0.302 e. The van der Waals surface area contributed by atoms with E-state index in [-0.39, 0.29) is 46.1 Å². The van der Waals surface area contributed by atoms with Gasteiger partial charge in [0.1, 0.15) is 17.2 Å². The van der Waals surface area contributed by atoms with Crippen molar-refractivity contribution in [2.75, 3.05) is 25.5 Å². The van der Waals surface area contributed by atoms with Crippen molar-refractivity contribution >= 4 is 38.9 Å². The van der Waals surface area contributed by atoms with Gasteiger partial charge in [-0.05, 0) is 37.6 Å². The van der Waals surface area contributed by atoms with Crippen LogP contribution in [0.3, 0.4) is 0 Å². The van der Waals surface area contributed by atoms with E-state index in [0.29, 0.717) is 18.3 Å². The van der Waals surface area contributed by atoms with Gasteiger partial charge < -0.3 is 14.6 Å². The SMILES string of the molecule is CCOC1=NC(c2nc3ncc(NS(=O)(=O)N(C)C4CC4)nc3n2-c2c(O)cccc2OC)=C=C=C1. The molecule has 12 nitrogen and oxygen atoms in total. The number of anilines is 1. The fourth-order valence-corrected chi connectivity index (χ4v) is 4.79. The summed E-state index contributed by atoms with van der Waals surface area (Å²) in [5, 5.41) is 10.8. The zero-order chi connectivity index (χ0) is 25.4. The summed E-state index contributed by atoms with van der Waals surface area (Å²) in [5.41, 5.74) is 6.58. The highest BCUT2D eigenvalue weighted by Gasteiger charge is 2.34. The molecule has 1 aliphatic heterocycles. The first-order chi connectivity index (χ1) is 17.3. The average Bonchev–Trinajstić information content (AvgIpc) is 3.64. The van der Waals surface area contributed by atoms with Crippen LogP contribution in [0.5, 0.6) is 11.5 Å². The normalized spacial score (nSPS) is 15.2. The fourth-order valence-electron chi connectivity index (χ4n) is 3.68. The van der Waals surface area contributed by atoms with Gasteiger partial charge in [0.05, 0.1) is 26.0 Å². The van der Waals surface area contributed by atoms with Gasteiger partial charge in [0.2, 0.25) is 5.90 Å². The second kappa shape index (κ2) is 9.14. The molecule has 1 aromatic carbocycles. The molecular formula is C23H23N7O5S. The Balaban J connectivity index is 1.71. The molecule has 3 aromatic rings. The Kier molecular flexibility index (Phi) is 5.99. The van der Waals surface area contributed by atoms with E-state index in [0.717, 1.165) is 12.8 Å². The molecule has 0 atom stereocenters. The van der Waals surface area contributed by atoms with Gasteiger partial charge in [0.15, 0.2) is 28.6 Å². The maximum Gasteiger partial charge on any atom is 0.302 e. The second-order valence-electron chi connectivity index (χ2n) is 8.00. The van der Waals surface area contributed by atoms with E-state index < -0.39 is 10.2 Å². The minimum atomic E-state index is -3.84. The molecular weight excluding hydrogens is 486 g/mol. The Morgan fingerprint density at radius 3 is 2.83 bits per heavy atom. The Hall–Kier alpha value is -4.15. The van der Waals surface area contributed by atoms with Gasteiger partial charge in [0.25, 0.3) is 0 Å². The highest BCUT2D eigenvalue weighted by Crippen LogP contribution is 2.37. The van der Waals surface area contributed by atoms with E-state index >= 15 is 0 Å². The quantitative estimate of drug-likeness (QED) is 0.441. The highest BCUT2D eigenvalue weighted by molar-refractivity contribution is 7.90. The zero-order valence-electron chi connectivity index (χ0n) is 19.8. The number of aliphatic imine (C=N–C) groups is 1. The highest BCUT2D eigenvalue weighted by atomic mass is 32.2. The number of para-hydroxylation sites is 1. The lowest BCUT2D eigenvalue weighted by atomic mass is 10.2. The van der Waals surface area contributed by atoms with Gasteiger partial charge in [-0.25, -0.2) is 19.9 Å². The van der Waals surface area contributed by atoms with Crippen LogP contribution in [0.15, 0.2) is 46.9 Å². The number of methoxy groups -OCH3 is 1. The van der Waals surface area contributed by atoms with Gasteiger partial charge >= 0.3 is 10.2 Å². The van der Waals surface area contributed by atoms with E-state index in [1.807, 2.05) is 6.92 Å². The van der Waals surface area contributed by atoms with Gasteiger partial charge in [-0.2, -0.15) is 12.7 Å². The summed E-state index contributed by atoms with van der Waals surface area (Å²) in [7, 11) is -0.857. The summed E-state index contributed by atoms with van der Waals surface area (Å²) in [6.07, 6.45) is 4.45. The number of phenols is 1. The molecule has 186 valence electrons. The summed E-state index contributed by atoms with van der Waals surface area (Å²) >= 11 is 0. The van der Waals surface area contributed by atoms with Crippen molar-refractivity contribution in [2.24, 2.45) is 4.99 Å². The average molecular weight is 510 g/mol. The van der Waals surface area contributed by atoms with Crippen molar-refractivity contribution in [2.45, 2.75) is 25.8 Å². The molecule has 0 bridgehead atoms. The van der Waals surface area contributed by atoms with Gasteiger partial charge in [0, 0.05) is 13.1 Å². The van der Waals surface area contributed by atoms with Crippen LogP contribution in [-0.2, 0) is 14.9 Å². The van der Waals surface area contributed by atoms with Crippen molar-refractivity contribution in [3.05, 3.63) is 47.8 Å². The van der Waals surface area contributed by atoms with Crippen LogP contribution in [0.25, 0.3) is 22.7 Å². The predicted molar refractivity (Wildman–Crippen MR) is 132 cm³/mol. The van der Waals surface area contributed by atoms with Crippen LogP contribution in [0.2, 0.25) is 0 Å².